The van der Waals surface area contributed by atoms with Gasteiger partial charge in [0.25, 0.3) is 0 Å². The third-order valence-corrected chi connectivity index (χ3v) is 4.96. The van der Waals surface area contributed by atoms with Crippen LogP contribution in [-0.4, -0.2) is 5.25 Å². The second-order valence-electron chi connectivity index (χ2n) is 4.97. The lowest BCUT2D eigenvalue weighted by atomic mass is 9.73. The summed E-state index contributed by atoms with van der Waals surface area (Å²) in [5.74, 6) is -0.0916. The number of thioether (sulfide) groups is 1. The first kappa shape index (κ1) is 10.6. The van der Waals surface area contributed by atoms with Crippen LogP contribution in [0.25, 0.3) is 0 Å². The van der Waals surface area contributed by atoms with Gasteiger partial charge in [-0.25, -0.2) is 4.39 Å². The molecule has 0 radical (unpaired) electrons. The van der Waals surface area contributed by atoms with E-state index in [0.29, 0.717) is 5.25 Å². The van der Waals surface area contributed by atoms with Crippen LogP contribution < -0.4 is 5.73 Å². The average molecular weight is 237 g/mol. The Morgan fingerprint density at radius 1 is 1.31 bits per heavy atom. The molecule has 0 unspecified atom stereocenters. The number of benzene rings is 1. The average Bonchev–Trinajstić information content (AvgIpc) is 3.01. The molecule has 2 N–H and O–H groups in total. The first-order valence-electron chi connectivity index (χ1n) is 5.93. The summed E-state index contributed by atoms with van der Waals surface area (Å²) < 4.78 is 13.9. The van der Waals surface area contributed by atoms with Crippen molar-refractivity contribution in [2.75, 3.05) is 0 Å². The van der Waals surface area contributed by atoms with Gasteiger partial charge in [0, 0.05) is 15.7 Å². The van der Waals surface area contributed by atoms with Crippen LogP contribution in [0.3, 0.4) is 0 Å². The van der Waals surface area contributed by atoms with Crippen LogP contribution in [0.15, 0.2) is 23.1 Å². The van der Waals surface area contributed by atoms with Gasteiger partial charge in [-0.15, -0.1) is 11.8 Å². The van der Waals surface area contributed by atoms with Crippen molar-refractivity contribution in [2.45, 2.75) is 47.8 Å². The fourth-order valence-corrected chi connectivity index (χ4v) is 3.17. The SMILES string of the molecule is NC1(c2ccc(SC3CC3)c(F)c2)CCC1. The van der Waals surface area contributed by atoms with E-state index in [1.165, 1.54) is 12.8 Å². The van der Waals surface area contributed by atoms with Crippen LogP contribution >= 0.6 is 11.8 Å². The smallest absolute Gasteiger partial charge is 0.137 e. The highest BCUT2D eigenvalue weighted by Crippen LogP contribution is 2.43. The third kappa shape index (κ3) is 1.87. The van der Waals surface area contributed by atoms with Crippen LogP contribution in [-0.2, 0) is 5.54 Å². The molecule has 3 heteroatoms. The molecule has 2 saturated carbocycles. The molecule has 0 aromatic heterocycles. The van der Waals surface area contributed by atoms with Crippen LogP contribution in [0.5, 0.6) is 0 Å². The molecule has 0 saturated heterocycles. The lowest BCUT2D eigenvalue weighted by Crippen LogP contribution is -2.43. The second kappa shape index (κ2) is 3.74. The molecule has 2 aliphatic carbocycles. The number of hydrogen-bond acceptors (Lipinski definition) is 2. The molecule has 0 aliphatic heterocycles. The first-order chi connectivity index (χ1) is 7.67. The van der Waals surface area contributed by atoms with E-state index in [9.17, 15) is 4.39 Å². The third-order valence-electron chi connectivity index (χ3n) is 3.57. The minimum atomic E-state index is -0.246. The van der Waals surface area contributed by atoms with Crippen LogP contribution in [0.1, 0.15) is 37.7 Å². The highest BCUT2D eigenvalue weighted by atomic mass is 32.2. The van der Waals surface area contributed by atoms with E-state index in [-0.39, 0.29) is 11.4 Å². The maximum atomic E-state index is 13.9. The van der Waals surface area contributed by atoms with E-state index >= 15 is 0 Å². The van der Waals surface area contributed by atoms with Crippen molar-refractivity contribution in [1.29, 1.82) is 0 Å². The zero-order valence-electron chi connectivity index (χ0n) is 9.21. The molecule has 0 amide bonds. The van der Waals surface area contributed by atoms with Crippen molar-refractivity contribution < 1.29 is 4.39 Å². The van der Waals surface area contributed by atoms with Crippen molar-refractivity contribution in [1.82, 2.24) is 0 Å². The van der Waals surface area contributed by atoms with Gasteiger partial charge in [-0.2, -0.15) is 0 Å². The van der Waals surface area contributed by atoms with Crippen molar-refractivity contribution in [2.24, 2.45) is 5.73 Å². The lowest BCUT2D eigenvalue weighted by molar-refractivity contribution is 0.252. The predicted molar refractivity (Wildman–Crippen MR) is 65.0 cm³/mol. The van der Waals surface area contributed by atoms with E-state index in [0.717, 1.165) is 29.7 Å². The summed E-state index contributed by atoms with van der Waals surface area (Å²) in [6, 6.07) is 5.55. The Hall–Kier alpha value is -0.540. The molecule has 3 rings (SSSR count). The molecule has 1 aromatic rings. The minimum absolute atomic E-state index is 0.0916. The van der Waals surface area contributed by atoms with E-state index in [4.69, 9.17) is 5.73 Å². The fraction of sp³-hybridized carbons (Fsp3) is 0.538. The van der Waals surface area contributed by atoms with Gasteiger partial charge < -0.3 is 5.73 Å². The number of halogens is 1. The number of rotatable bonds is 3. The summed E-state index contributed by atoms with van der Waals surface area (Å²) >= 11 is 1.67. The number of hydrogen-bond donors (Lipinski definition) is 1. The standard InChI is InChI=1S/C13H16FNS/c14-11-8-9(13(15)6-1-7-13)2-5-12(11)16-10-3-4-10/h2,5,8,10H,1,3-4,6-7,15H2. The molecule has 1 aromatic carbocycles. The summed E-state index contributed by atoms with van der Waals surface area (Å²) in [5, 5.41) is 0.649. The highest BCUT2D eigenvalue weighted by Gasteiger charge is 2.35. The van der Waals surface area contributed by atoms with E-state index in [1.807, 2.05) is 12.1 Å². The minimum Gasteiger partial charge on any atom is -0.321 e. The topological polar surface area (TPSA) is 26.0 Å². The van der Waals surface area contributed by atoms with E-state index in [2.05, 4.69) is 0 Å². The largest absolute Gasteiger partial charge is 0.321 e. The zero-order valence-corrected chi connectivity index (χ0v) is 10.0. The quantitative estimate of drug-likeness (QED) is 0.871. The molecular weight excluding hydrogens is 221 g/mol. The fourth-order valence-electron chi connectivity index (χ4n) is 2.12. The zero-order chi connectivity index (χ0) is 11.2. The highest BCUT2D eigenvalue weighted by molar-refractivity contribution is 8.00. The summed E-state index contributed by atoms with van der Waals surface area (Å²) in [6.45, 7) is 0. The van der Waals surface area contributed by atoms with Gasteiger partial charge in [0.15, 0.2) is 0 Å². The number of nitrogens with two attached hydrogens (primary N) is 1. The second-order valence-corrected chi connectivity index (χ2v) is 6.31. The van der Waals surface area contributed by atoms with Crippen molar-refractivity contribution in [3.8, 4) is 0 Å². The van der Waals surface area contributed by atoms with Crippen molar-refractivity contribution in [3.05, 3.63) is 29.6 Å². The van der Waals surface area contributed by atoms with Crippen LogP contribution in [0.4, 0.5) is 4.39 Å². The molecule has 0 spiro atoms. The normalized spacial score (nSPS) is 22.9. The Bertz CT molecular complexity index is 410. The maximum absolute atomic E-state index is 13.9. The summed E-state index contributed by atoms with van der Waals surface area (Å²) in [4.78, 5) is 0.786. The van der Waals surface area contributed by atoms with Gasteiger partial charge in [-0.3, -0.25) is 0 Å². The van der Waals surface area contributed by atoms with Gasteiger partial charge in [-0.1, -0.05) is 6.07 Å². The summed E-state index contributed by atoms with van der Waals surface area (Å²) in [7, 11) is 0. The van der Waals surface area contributed by atoms with Crippen LogP contribution in [0.2, 0.25) is 0 Å². The molecule has 16 heavy (non-hydrogen) atoms. The summed E-state index contributed by atoms with van der Waals surface area (Å²) in [5.41, 5.74) is 6.91. The molecule has 1 nitrogen and oxygen atoms in total. The first-order valence-corrected chi connectivity index (χ1v) is 6.81. The van der Waals surface area contributed by atoms with Gasteiger partial charge >= 0.3 is 0 Å². The lowest BCUT2D eigenvalue weighted by Gasteiger charge is -2.38. The van der Waals surface area contributed by atoms with E-state index < -0.39 is 0 Å². The van der Waals surface area contributed by atoms with Crippen molar-refractivity contribution in [3.63, 3.8) is 0 Å². The van der Waals surface area contributed by atoms with Gasteiger partial charge in [-0.05, 0) is 49.8 Å². The summed E-state index contributed by atoms with van der Waals surface area (Å²) in [6.07, 6.45) is 5.60. The Morgan fingerprint density at radius 3 is 2.56 bits per heavy atom. The molecule has 2 fully saturated rings. The Labute approximate surface area is 99.6 Å². The molecule has 0 heterocycles. The predicted octanol–water partition coefficient (Wildman–Crippen LogP) is 3.42. The Balaban J connectivity index is 1.83. The molecular formula is C13H16FNS. The van der Waals surface area contributed by atoms with Crippen molar-refractivity contribution >= 4 is 11.8 Å². The Morgan fingerprint density at radius 2 is 2.06 bits per heavy atom. The maximum Gasteiger partial charge on any atom is 0.137 e. The molecule has 86 valence electrons. The van der Waals surface area contributed by atoms with Gasteiger partial charge in [0.05, 0.1) is 0 Å². The monoisotopic (exact) mass is 237 g/mol. The Kier molecular flexibility index (Phi) is 2.48. The van der Waals surface area contributed by atoms with Gasteiger partial charge in [0.2, 0.25) is 0 Å². The molecule has 2 aliphatic rings. The molecule has 0 atom stereocenters. The van der Waals surface area contributed by atoms with E-state index in [1.54, 1.807) is 17.8 Å². The molecule has 0 bridgehead atoms. The van der Waals surface area contributed by atoms with Crippen LogP contribution in [0, 0.1) is 5.82 Å². The van der Waals surface area contributed by atoms with Gasteiger partial charge in [0.1, 0.15) is 5.82 Å².